The maximum atomic E-state index is 5.61. The number of aromatic nitrogens is 3. The zero-order chi connectivity index (χ0) is 18.2. The van der Waals surface area contributed by atoms with Gasteiger partial charge in [-0.3, -0.25) is 4.98 Å². The van der Waals surface area contributed by atoms with Gasteiger partial charge in [0.05, 0.1) is 26.0 Å². The summed E-state index contributed by atoms with van der Waals surface area (Å²) < 4.78 is 11.0. The van der Waals surface area contributed by atoms with Gasteiger partial charge in [-0.05, 0) is 35.4 Å². The van der Waals surface area contributed by atoms with Crippen LogP contribution in [0.15, 0.2) is 42.7 Å². The Hall–Kier alpha value is -3.19. The third-order valence-electron chi connectivity index (χ3n) is 4.93. The Morgan fingerprint density at radius 1 is 1.04 bits per heavy atom. The number of hydrogen-bond donors (Lipinski definition) is 1. The minimum atomic E-state index is 0.518. The predicted molar refractivity (Wildman–Crippen MR) is 101 cm³/mol. The van der Waals surface area contributed by atoms with E-state index in [1.807, 2.05) is 18.2 Å². The lowest BCUT2D eigenvalue weighted by Gasteiger charge is -2.18. The van der Waals surface area contributed by atoms with Crippen molar-refractivity contribution in [1.29, 1.82) is 0 Å². The fourth-order valence-corrected chi connectivity index (χ4v) is 3.49. The van der Waals surface area contributed by atoms with Crippen LogP contribution >= 0.6 is 0 Å². The summed E-state index contributed by atoms with van der Waals surface area (Å²) in [5.74, 6) is 2.39. The van der Waals surface area contributed by atoms with Crippen molar-refractivity contribution in [3.8, 4) is 5.75 Å². The molecule has 136 valence electrons. The zero-order valence-corrected chi connectivity index (χ0v) is 15.0. The topological polar surface area (TPSA) is 72.4 Å². The average Bonchev–Trinajstić information content (AvgIpc) is 3.34. The first-order valence-electron chi connectivity index (χ1n) is 8.85. The minimum absolute atomic E-state index is 0.518. The van der Waals surface area contributed by atoms with Crippen molar-refractivity contribution in [2.24, 2.45) is 0 Å². The van der Waals surface area contributed by atoms with Gasteiger partial charge in [-0.1, -0.05) is 6.07 Å². The van der Waals surface area contributed by atoms with Crippen LogP contribution in [0.2, 0.25) is 0 Å². The Balaban J connectivity index is 1.48. The van der Waals surface area contributed by atoms with Gasteiger partial charge in [0.1, 0.15) is 11.6 Å². The number of ether oxygens (including phenoxy) is 2. The van der Waals surface area contributed by atoms with Gasteiger partial charge in [-0.15, -0.1) is 0 Å². The molecule has 4 heterocycles. The molecule has 0 bridgehead atoms. The summed E-state index contributed by atoms with van der Waals surface area (Å²) in [7, 11) is 1.69. The average molecular weight is 361 g/mol. The van der Waals surface area contributed by atoms with Crippen LogP contribution in [-0.4, -0.2) is 22.1 Å². The highest BCUT2D eigenvalue weighted by atomic mass is 16.5. The Kier molecular flexibility index (Phi) is 3.86. The van der Waals surface area contributed by atoms with Gasteiger partial charge in [-0.2, -0.15) is 4.98 Å². The van der Waals surface area contributed by atoms with Crippen LogP contribution in [0.5, 0.6) is 5.75 Å². The van der Waals surface area contributed by atoms with Gasteiger partial charge < -0.3 is 19.7 Å². The van der Waals surface area contributed by atoms with E-state index in [0.717, 1.165) is 41.6 Å². The molecule has 1 aromatic carbocycles. The lowest BCUT2D eigenvalue weighted by molar-refractivity contribution is 0.133. The van der Waals surface area contributed by atoms with E-state index in [9.17, 15) is 0 Å². The number of fused-ring (bicyclic) bond motifs is 2. The predicted octanol–water partition coefficient (Wildman–Crippen LogP) is 3.17. The summed E-state index contributed by atoms with van der Waals surface area (Å²) in [6, 6.07) is 10.0. The molecule has 7 heteroatoms. The summed E-state index contributed by atoms with van der Waals surface area (Å²) in [5.41, 5.74) is 5.44. The molecule has 0 saturated heterocycles. The summed E-state index contributed by atoms with van der Waals surface area (Å²) in [4.78, 5) is 15.8. The van der Waals surface area contributed by atoms with E-state index in [1.165, 1.54) is 11.1 Å². The molecule has 5 rings (SSSR count). The monoisotopic (exact) mass is 361 g/mol. The molecule has 0 aliphatic carbocycles. The normalized spacial score (nSPS) is 14.8. The quantitative estimate of drug-likeness (QED) is 0.765. The summed E-state index contributed by atoms with van der Waals surface area (Å²) in [6.45, 7) is 2.60. The first-order valence-corrected chi connectivity index (χ1v) is 8.85. The van der Waals surface area contributed by atoms with E-state index in [-0.39, 0.29) is 0 Å². The SMILES string of the molecule is COc1ccc2c(c1)CN(c1nc3c(c(Nc4ccncc4)n1)COC3)C2. The molecular weight excluding hydrogens is 342 g/mol. The van der Waals surface area contributed by atoms with Crippen LogP contribution < -0.4 is 15.0 Å². The molecule has 3 aromatic rings. The van der Waals surface area contributed by atoms with Gasteiger partial charge in [0.2, 0.25) is 5.95 Å². The molecule has 2 aromatic heterocycles. The molecule has 0 atom stereocenters. The lowest BCUT2D eigenvalue weighted by atomic mass is 10.1. The van der Waals surface area contributed by atoms with E-state index in [1.54, 1.807) is 19.5 Å². The number of anilines is 3. The second-order valence-corrected chi connectivity index (χ2v) is 6.64. The number of benzene rings is 1. The highest BCUT2D eigenvalue weighted by Gasteiger charge is 2.26. The number of pyridine rings is 1. The molecule has 0 spiro atoms. The second kappa shape index (κ2) is 6.51. The van der Waals surface area contributed by atoms with Crippen molar-refractivity contribution in [2.75, 3.05) is 17.3 Å². The first kappa shape index (κ1) is 16.0. The molecule has 0 amide bonds. The Bertz CT molecular complexity index is 993. The van der Waals surface area contributed by atoms with E-state index < -0.39 is 0 Å². The summed E-state index contributed by atoms with van der Waals surface area (Å²) in [6.07, 6.45) is 3.51. The maximum Gasteiger partial charge on any atom is 0.228 e. The fraction of sp³-hybridized carbons (Fsp3) is 0.250. The first-order chi connectivity index (χ1) is 13.3. The lowest BCUT2D eigenvalue weighted by Crippen LogP contribution is -2.19. The third-order valence-corrected chi connectivity index (χ3v) is 4.93. The summed E-state index contributed by atoms with van der Waals surface area (Å²) in [5, 5.41) is 3.39. The number of nitrogens with zero attached hydrogens (tertiary/aromatic N) is 4. The molecular formula is C20H19N5O2. The van der Waals surface area contributed by atoms with Gasteiger partial charge >= 0.3 is 0 Å². The van der Waals surface area contributed by atoms with E-state index >= 15 is 0 Å². The van der Waals surface area contributed by atoms with E-state index in [2.05, 4.69) is 27.3 Å². The van der Waals surface area contributed by atoms with Crippen LogP contribution in [0.3, 0.4) is 0 Å². The molecule has 1 N–H and O–H groups in total. The highest BCUT2D eigenvalue weighted by Crippen LogP contribution is 2.33. The van der Waals surface area contributed by atoms with Crippen molar-refractivity contribution in [2.45, 2.75) is 26.3 Å². The fourth-order valence-electron chi connectivity index (χ4n) is 3.49. The van der Waals surface area contributed by atoms with Crippen molar-refractivity contribution < 1.29 is 9.47 Å². The number of hydrogen-bond acceptors (Lipinski definition) is 7. The molecule has 0 radical (unpaired) electrons. The van der Waals surface area contributed by atoms with Crippen molar-refractivity contribution in [3.05, 3.63) is 65.1 Å². The number of methoxy groups -OCH3 is 1. The highest BCUT2D eigenvalue weighted by molar-refractivity contribution is 5.62. The molecule has 2 aliphatic rings. The number of nitrogens with one attached hydrogen (secondary N) is 1. The second-order valence-electron chi connectivity index (χ2n) is 6.64. The van der Waals surface area contributed by atoms with Crippen molar-refractivity contribution >= 4 is 17.5 Å². The van der Waals surface area contributed by atoms with Gasteiger partial charge in [0, 0.05) is 36.7 Å². The summed E-state index contributed by atoms with van der Waals surface area (Å²) >= 11 is 0. The smallest absolute Gasteiger partial charge is 0.228 e. The Labute approximate surface area is 157 Å². The van der Waals surface area contributed by atoms with Crippen LogP contribution in [0.25, 0.3) is 0 Å². The molecule has 7 nitrogen and oxygen atoms in total. The molecule has 27 heavy (non-hydrogen) atoms. The Morgan fingerprint density at radius 2 is 1.89 bits per heavy atom. The van der Waals surface area contributed by atoms with Crippen LogP contribution in [0.1, 0.15) is 22.4 Å². The van der Waals surface area contributed by atoms with Crippen molar-refractivity contribution in [3.63, 3.8) is 0 Å². The molecule has 2 aliphatic heterocycles. The van der Waals surface area contributed by atoms with E-state index in [0.29, 0.717) is 19.2 Å². The molecule has 0 saturated carbocycles. The molecule has 0 fully saturated rings. The maximum absolute atomic E-state index is 5.61. The van der Waals surface area contributed by atoms with Gasteiger partial charge in [0.15, 0.2) is 0 Å². The standard InChI is InChI=1S/C20H19N5O2/c1-26-16-3-2-13-9-25(10-14(13)8-16)20-23-18-12-27-11-17(18)19(24-20)22-15-4-6-21-7-5-15/h2-8H,9-12H2,1H3,(H,21,22,23,24). The Morgan fingerprint density at radius 3 is 2.74 bits per heavy atom. The largest absolute Gasteiger partial charge is 0.497 e. The molecule has 0 unspecified atom stereocenters. The third kappa shape index (κ3) is 2.96. The van der Waals surface area contributed by atoms with Crippen molar-refractivity contribution in [1.82, 2.24) is 15.0 Å². The van der Waals surface area contributed by atoms with Crippen LogP contribution in [-0.2, 0) is 31.0 Å². The van der Waals surface area contributed by atoms with Gasteiger partial charge in [-0.25, -0.2) is 4.98 Å². The van der Waals surface area contributed by atoms with Crippen LogP contribution in [0.4, 0.5) is 17.5 Å². The minimum Gasteiger partial charge on any atom is -0.497 e. The van der Waals surface area contributed by atoms with E-state index in [4.69, 9.17) is 19.4 Å². The zero-order valence-electron chi connectivity index (χ0n) is 15.0. The number of rotatable bonds is 4. The van der Waals surface area contributed by atoms with Gasteiger partial charge in [0.25, 0.3) is 0 Å². The van der Waals surface area contributed by atoms with Crippen LogP contribution in [0, 0.1) is 0 Å².